The lowest BCUT2D eigenvalue weighted by Gasteiger charge is -2.31. The number of piperidine rings is 1. The summed E-state index contributed by atoms with van der Waals surface area (Å²) in [5.74, 6) is -0.191. The first-order valence-electron chi connectivity index (χ1n) is 8.49. The molecule has 130 valence electrons. The number of likely N-dealkylation sites (tertiary alicyclic amines) is 1. The maximum absolute atomic E-state index is 13.3. The number of nitrogens with zero attached hydrogens (tertiary/aromatic N) is 1. The number of halogens is 1. The molecule has 0 bridgehead atoms. The molecule has 23 heavy (non-hydrogen) atoms. The molecule has 1 amide bonds. The monoisotopic (exact) mass is 324 g/mol. The van der Waals surface area contributed by atoms with Gasteiger partial charge in [0.25, 0.3) is 0 Å². The van der Waals surface area contributed by atoms with Gasteiger partial charge in [-0.15, -0.1) is 0 Å². The van der Waals surface area contributed by atoms with Gasteiger partial charge in [0, 0.05) is 25.7 Å². The lowest BCUT2D eigenvalue weighted by Crippen LogP contribution is -2.44. The van der Waals surface area contributed by atoms with Gasteiger partial charge in [0.1, 0.15) is 5.82 Å². The van der Waals surface area contributed by atoms with Crippen LogP contribution in [0.5, 0.6) is 0 Å². The van der Waals surface area contributed by atoms with Crippen LogP contribution >= 0.6 is 0 Å². The number of hydrogen-bond acceptors (Lipinski definition) is 3. The first-order valence-corrected chi connectivity index (χ1v) is 8.49. The second kappa shape index (κ2) is 10.2. The highest BCUT2D eigenvalue weighted by Crippen LogP contribution is 2.13. The number of rotatable bonds is 4. The summed E-state index contributed by atoms with van der Waals surface area (Å²) in [7, 11) is 0. The molecule has 0 aromatic heterocycles. The lowest BCUT2D eigenvalue weighted by atomic mass is 10.0. The van der Waals surface area contributed by atoms with E-state index in [1.807, 2.05) is 33.8 Å². The minimum absolute atomic E-state index is 0.191. The Bertz CT molecular complexity index is 466. The van der Waals surface area contributed by atoms with E-state index in [1.54, 1.807) is 11.0 Å². The second-order valence-electron chi connectivity index (χ2n) is 5.48. The fourth-order valence-electron chi connectivity index (χ4n) is 2.66. The van der Waals surface area contributed by atoms with Crippen LogP contribution in [0.1, 0.15) is 44.7 Å². The standard InChI is InChI=1S/C16H23FN2O2.C2H6/c1-3-21-16(20)19-6-4-15(5-7-19)18-11-13-8-12(2)9-14(17)10-13;1-2/h8-10,15,18H,3-7,11H2,1-2H3;1-2H3. The highest BCUT2D eigenvalue weighted by Gasteiger charge is 2.23. The third-order valence-electron chi connectivity index (χ3n) is 3.72. The molecule has 1 aliphatic heterocycles. The summed E-state index contributed by atoms with van der Waals surface area (Å²) in [5.41, 5.74) is 1.89. The van der Waals surface area contributed by atoms with E-state index in [0.717, 1.165) is 24.0 Å². The van der Waals surface area contributed by atoms with Crippen LogP contribution in [-0.4, -0.2) is 36.7 Å². The van der Waals surface area contributed by atoms with Gasteiger partial charge in [-0.3, -0.25) is 0 Å². The van der Waals surface area contributed by atoms with Crippen molar-refractivity contribution in [1.82, 2.24) is 10.2 Å². The van der Waals surface area contributed by atoms with E-state index in [2.05, 4.69) is 5.32 Å². The van der Waals surface area contributed by atoms with Crippen LogP contribution in [0.3, 0.4) is 0 Å². The Morgan fingerprint density at radius 1 is 1.30 bits per heavy atom. The van der Waals surface area contributed by atoms with Gasteiger partial charge in [-0.25, -0.2) is 9.18 Å². The van der Waals surface area contributed by atoms with Crippen molar-refractivity contribution in [2.75, 3.05) is 19.7 Å². The molecule has 0 atom stereocenters. The van der Waals surface area contributed by atoms with Crippen molar-refractivity contribution in [1.29, 1.82) is 0 Å². The SMILES string of the molecule is CC.CCOC(=O)N1CCC(NCc2cc(C)cc(F)c2)CC1. The van der Waals surface area contributed by atoms with E-state index in [0.29, 0.717) is 32.3 Å². The van der Waals surface area contributed by atoms with Crippen LogP contribution in [0.25, 0.3) is 0 Å². The Balaban J connectivity index is 0.00000127. The average Bonchev–Trinajstić information content (AvgIpc) is 2.55. The molecule has 0 unspecified atom stereocenters. The number of nitrogens with one attached hydrogen (secondary N) is 1. The Morgan fingerprint density at radius 2 is 1.96 bits per heavy atom. The van der Waals surface area contributed by atoms with Gasteiger partial charge in [0.2, 0.25) is 0 Å². The van der Waals surface area contributed by atoms with Gasteiger partial charge in [-0.2, -0.15) is 0 Å². The van der Waals surface area contributed by atoms with Crippen molar-refractivity contribution in [2.24, 2.45) is 0 Å². The quantitative estimate of drug-likeness (QED) is 0.914. The number of carbonyl (C=O) groups excluding carboxylic acids is 1. The van der Waals surface area contributed by atoms with Crippen molar-refractivity contribution < 1.29 is 13.9 Å². The summed E-state index contributed by atoms with van der Waals surface area (Å²) in [4.78, 5) is 13.3. The molecule has 1 aromatic carbocycles. The van der Waals surface area contributed by atoms with Crippen LogP contribution in [0, 0.1) is 12.7 Å². The fourth-order valence-corrected chi connectivity index (χ4v) is 2.66. The number of aryl methyl sites for hydroxylation is 1. The molecular formula is C18H29FN2O2. The molecule has 5 heteroatoms. The molecule has 1 heterocycles. The molecule has 0 aliphatic carbocycles. The molecule has 1 aromatic rings. The first-order chi connectivity index (χ1) is 11.1. The topological polar surface area (TPSA) is 41.6 Å². The molecule has 1 aliphatic rings. The van der Waals surface area contributed by atoms with Crippen LogP contribution in [-0.2, 0) is 11.3 Å². The Hall–Kier alpha value is -1.62. The van der Waals surface area contributed by atoms with Crippen molar-refractivity contribution in [2.45, 2.75) is 53.1 Å². The zero-order valence-electron chi connectivity index (χ0n) is 14.7. The van der Waals surface area contributed by atoms with E-state index in [1.165, 1.54) is 6.07 Å². The van der Waals surface area contributed by atoms with Crippen LogP contribution in [0.2, 0.25) is 0 Å². The Morgan fingerprint density at radius 3 is 2.52 bits per heavy atom. The lowest BCUT2D eigenvalue weighted by molar-refractivity contribution is 0.0950. The molecule has 0 radical (unpaired) electrons. The molecule has 4 nitrogen and oxygen atoms in total. The summed E-state index contributed by atoms with van der Waals surface area (Å²) in [6.45, 7) is 10.2. The molecule has 1 saturated heterocycles. The van der Waals surface area contributed by atoms with Gasteiger partial charge in [-0.1, -0.05) is 19.9 Å². The van der Waals surface area contributed by atoms with Gasteiger partial charge in [0.05, 0.1) is 6.61 Å². The number of benzene rings is 1. The van der Waals surface area contributed by atoms with Crippen molar-refractivity contribution in [3.63, 3.8) is 0 Å². The summed E-state index contributed by atoms with van der Waals surface area (Å²) in [6.07, 6.45) is 1.57. The second-order valence-corrected chi connectivity index (χ2v) is 5.48. The van der Waals surface area contributed by atoms with Crippen molar-refractivity contribution in [3.8, 4) is 0 Å². The summed E-state index contributed by atoms with van der Waals surface area (Å²) < 4.78 is 18.3. The molecule has 0 saturated carbocycles. The van der Waals surface area contributed by atoms with Crippen molar-refractivity contribution in [3.05, 3.63) is 35.1 Å². The van der Waals surface area contributed by atoms with E-state index in [9.17, 15) is 9.18 Å². The van der Waals surface area contributed by atoms with E-state index < -0.39 is 0 Å². The highest BCUT2D eigenvalue weighted by molar-refractivity contribution is 5.67. The minimum Gasteiger partial charge on any atom is -0.450 e. The van der Waals surface area contributed by atoms with Crippen molar-refractivity contribution >= 4 is 6.09 Å². The number of amides is 1. The highest BCUT2D eigenvalue weighted by atomic mass is 19.1. The third kappa shape index (κ3) is 6.57. The predicted molar refractivity (Wildman–Crippen MR) is 90.9 cm³/mol. The third-order valence-corrected chi connectivity index (χ3v) is 3.72. The van der Waals surface area contributed by atoms with E-state index in [-0.39, 0.29) is 11.9 Å². The van der Waals surface area contributed by atoms with Gasteiger partial charge in [-0.05, 0) is 49.9 Å². The number of ether oxygens (including phenoxy) is 1. The largest absolute Gasteiger partial charge is 0.450 e. The van der Waals surface area contributed by atoms with Crippen LogP contribution in [0.4, 0.5) is 9.18 Å². The normalized spacial score (nSPS) is 14.9. The summed E-state index contributed by atoms with van der Waals surface area (Å²) >= 11 is 0. The fraction of sp³-hybridized carbons (Fsp3) is 0.611. The van der Waals surface area contributed by atoms with Gasteiger partial charge >= 0.3 is 6.09 Å². The Kier molecular flexibility index (Phi) is 8.62. The molecule has 1 N–H and O–H groups in total. The smallest absolute Gasteiger partial charge is 0.409 e. The number of hydrogen-bond donors (Lipinski definition) is 1. The van der Waals surface area contributed by atoms with Gasteiger partial charge < -0.3 is 15.0 Å². The Labute approximate surface area is 139 Å². The zero-order chi connectivity index (χ0) is 17.2. The summed E-state index contributed by atoms with van der Waals surface area (Å²) in [6, 6.07) is 5.44. The number of carbonyl (C=O) groups is 1. The maximum Gasteiger partial charge on any atom is 0.409 e. The predicted octanol–water partition coefficient (Wildman–Crippen LogP) is 3.87. The van der Waals surface area contributed by atoms with Gasteiger partial charge in [0.15, 0.2) is 0 Å². The minimum atomic E-state index is -0.225. The van der Waals surface area contributed by atoms with E-state index >= 15 is 0 Å². The molecule has 2 rings (SSSR count). The van der Waals surface area contributed by atoms with Crippen LogP contribution < -0.4 is 5.32 Å². The molecule has 1 fully saturated rings. The molecular weight excluding hydrogens is 295 g/mol. The van der Waals surface area contributed by atoms with Crippen LogP contribution in [0.15, 0.2) is 18.2 Å². The summed E-state index contributed by atoms with van der Waals surface area (Å²) in [5, 5.41) is 3.44. The average molecular weight is 324 g/mol. The zero-order valence-corrected chi connectivity index (χ0v) is 14.7. The first kappa shape index (κ1) is 19.4. The molecule has 0 spiro atoms. The maximum atomic E-state index is 13.3. The van der Waals surface area contributed by atoms with E-state index in [4.69, 9.17) is 4.74 Å².